The summed E-state index contributed by atoms with van der Waals surface area (Å²) in [6.45, 7) is 1.88. The largest absolute Gasteiger partial charge is 0.396 e. The molecule has 0 spiro atoms. The lowest BCUT2D eigenvalue weighted by atomic mass is 9.74. The van der Waals surface area contributed by atoms with E-state index in [-0.39, 0.29) is 5.41 Å². The van der Waals surface area contributed by atoms with Gasteiger partial charge in [0.1, 0.15) is 6.26 Å². The van der Waals surface area contributed by atoms with Crippen LogP contribution in [0.3, 0.4) is 0 Å². The first kappa shape index (κ1) is 11.6. The molecule has 2 rings (SSSR count). The summed E-state index contributed by atoms with van der Waals surface area (Å²) in [4.78, 5) is 0. The van der Waals surface area contributed by atoms with Crippen molar-refractivity contribution in [1.29, 1.82) is 0 Å². The lowest BCUT2D eigenvalue weighted by Gasteiger charge is -2.35. The summed E-state index contributed by atoms with van der Waals surface area (Å²) < 4.78 is 4.77. The average molecular weight is 224 g/mol. The van der Waals surface area contributed by atoms with Gasteiger partial charge in [0.15, 0.2) is 0 Å². The molecular formula is C12H20N2O2. The quantitative estimate of drug-likeness (QED) is 0.799. The van der Waals surface area contributed by atoms with Gasteiger partial charge in [-0.1, -0.05) is 24.4 Å². The Morgan fingerprint density at radius 3 is 2.81 bits per heavy atom. The van der Waals surface area contributed by atoms with E-state index in [0.29, 0.717) is 6.61 Å². The number of rotatable bonds is 5. The van der Waals surface area contributed by atoms with Crippen molar-refractivity contribution >= 4 is 0 Å². The average Bonchev–Trinajstić information content (AvgIpc) is 2.83. The third kappa shape index (κ3) is 2.83. The van der Waals surface area contributed by atoms with Crippen molar-refractivity contribution < 1.29 is 9.63 Å². The topological polar surface area (TPSA) is 58.3 Å². The van der Waals surface area contributed by atoms with Gasteiger partial charge in [-0.2, -0.15) is 0 Å². The highest BCUT2D eigenvalue weighted by atomic mass is 16.5. The fourth-order valence-corrected chi connectivity index (χ4v) is 2.48. The van der Waals surface area contributed by atoms with Crippen molar-refractivity contribution in [3.8, 4) is 0 Å². The standard InChI is InChI=1S/C12H20N2O2/c15-10-12(5-2-1-3-6-12)9-13-8-11-4-7-16-14-11/h4,7,13,15H,1-3,5-6,8-10H2. The van der Waals surface area contributed by atoms with E-state index >= 15 is 0 Å². The van der Waals surface area contributed by atoms with Crippen LogP contribution in [0.15, 0.2) is 16.9 Å². The van der Waals surface area contributed by atoms with E-state index in [0.717, 1.165) is 31.6 Å². The highest BCUT2D eigenvalue weighted by Crippen LogP contribution is 2.35. The van der Waals surface area contributed by atoms with Crippen LogP contribution in [0.5, 0.6) is 0 Å². The van der Waals surface area contributed by atoms with Crippen LogP contribution in [0.1, 0.15) is 37.8 Å². The van der Waals surface area contributed by atoms with Gasteiger partial charge in [0.25, 0.3) is 0 Å². The molecule has 1 aromatic heterocycles. The van der Waals surface area contributed by atoms with Crippen molar-refractivity contribution in [2.45, 2.75) is 38.6 Å². The van der Waals surface area contributed by atoms with Crippen LogP contribution >= 0.6 is 0 Å². The van der Waals surface area contributed by atoms with E-state index in [4.69, 9.17) is 4.52 Å². The molecule has 4 nitrogen and oxygen atoms in total. The molecule has 1 aromatic rings. The Balaban J connectivity index is 1.78. The van der Waals surface area contributed by atoms with Crippen LogP contribution in [0.25, 0.3) is 0 Å². The van der Waals surface area contributed by atoms with E-state index in [1.807, 2.05) is 6.07 Å². The van der Waals surface area contributed by atoms with Crippen LogP contribution in [0.2, 0.25) is 0 Å². The third-order valence-electron chi connectivity index (χ3n) is 3.55. The van der Waals surface area contributed by atoms with Gasteiger partial charge in [-0.25, -0.2) is 0 Å². The van der Waals surface area contributed by atoms with Crippen LogP contribution in [0, 0.1) is 5.41 Å². The molecule has 0 amide bonds. The molecule has 4 heteroatoms. The number of aliphatic hydroxyl groups is 1. The number of nitrogens with one attached hydrogen (secondary N) is 1. The summed E-state index contributed by atoms with van der Waals surface area (Å²) in [7, 11) is 0. The van der Waals surface area contributed by atoms with Gasteiger partial charge in [-0.15, -0.1) is 0 Å². The SMILES string of the molecule is OCC1(CNCc2ccon2)CCCCC1. The number of hydrogen-bond acceptors (Lipinski definition) is 4. The molecule has 1 aliphatic rings. The van der Waals surface area contributed by atoms with Gasteiger partial charge in [0.05, 0.1) is 5.69 Å². The molecule has 0 atom stereocenters. The van der Waals surface area contributed by atoms with Gasteiger partial charge in [-0.05, 0) is 12.8 Å². The fourth-order valence-electron chi connectivity index (χ4n) is 2.48. The van der Waals surface area contributed by atoms with Crippen LogP contribution < -0.4 is 5.32 Å². The second kappa shape index (κ2) is 5.46. The van der Waals surface area contributed by atoms with E-state index < -0.39 is 0 Å². The Hall–Kier alpha value is -0.870. The van der Waals surface area contributed by atoms with Crippen molar-refractivity contribution in [2.75, 3.05) is 13.2 Å². The minimum atomic E-state index is 0.0992. The Labute approximate surface area is 96.0 Å². The summed E-state index contributed by atoms with van der Waals surface area (Å²) in [6, 6.07) is 1.86. The summed E-state index contributed by atoms with van der Waals surface area (Å²) in [5.41, 5.74) is 1.02. The highest BCUT2D eigenvalue weighted by Gasteiger charge is 2.30. The van der Waals surface area contributed by atoms with Gasteiger partial charge in [0, 0.05) is 31.2 Å². The van der Waals surface area contributed by atoms with Crippen LogP contribution in [-0.2, 0) is 6.54 Å². The van der Waals surface area contributed by atoms with Crippen LogP contribution in [0.4, 0.5) is 0 Å². The fraction of sp³-hybridized carbons (Fsp3) is 0.750. The number of nitrogens with zero attached hydrogens (tertiary/aromatic N) is 1. The smallest absolute Gasteiger partial charge is 0.124 e. The predicted molar refractivity (Wildman–Crippen MR) is 60.8 cm³/mol. The molecular weight excluding hydrogens is 204 g/mol. The summed E-state index contributed by atoms with van der Waals surface area (Å²) in [5.74, 6) is 0. The van der Waals surface area contributed by atoms with E-state index in [1.54, 1.807) is 6.26 Å². The molecule has 0 aliphatic heterocycles. The molecule has 16 heavy (non-hydrogen) atoms. The molecule has 2 N–H and O–H groups in total. The molecule has 0 unspecified atom stereocenters. The van der Waals surface area contributed by atoms with E-state index in [1.165, 1.54) is 19.3 Å². The normalized spacial score (nSPS) is 19.8. The van der Waals surface area contributed by atoms with Gasteiger partial charge in [0.2, 0.25) is 0 Å². The van der Waals surface area contributed by atoms with E-state index in [9.17, 15) is 5.11 Å². The maximum Gasteiger partial charge on any atom is 0.124 e. The van der Waals surface area contributed by atoms with Gasteiger partial charge >= 0.3 is 0 Å². The highest BCUT2D eigenvalue weighted by molar-refractivity contribution is 4.95. The van der Waals surface area contributed by atoms with Crippen LogP contribution in [-0.4, -0.2) is 23.4 Å². The monoisotopic (exact) mass is 224 g/mol. The minimum absolute atomic E-state index is 0.0992. The summed E-state index contributed by atoms with van der Waals surface area (Å²) in [6.07, 6.45) is 7.65. The second-order valence-corrected chi connectivity index (χ2v) is 4.81. The Kier molecular flexibility index (Phi) is 3.96. The molecule has 1 fully saturated rings. The number of aromatic nitrogens is 1. The van der Waals surface area contributed by atoms with E-state index in [2.05, 4.69) is 10.5 Å². The molecule has 1 heterocycles. The van der Waals surface area contributed by atoms with Gasteiger partial charge in [-0.3, -0.25) is 0 Å². The second-order valence-electron chi connectivity index (χ2n) is 4.81. The van der Waals surface area contributed by atoms with Crippen molar-refractivity contribution in [3.63, 3.8) is 0 Å². The maximum absolute atomic E-state index is 9.52. The predicted octanol–water partition coefficient (Wildman–Crippen LogP) is 1.71. The first-order valence-corrected chi connectivity index (χ1v) is 6.05. The zero-order valence-electron chi connectivity index (χ0n) is 9.61. The van der Waals surface area contributed by atoms with Crippen molar-refractivity contribution in [2.24, 2.45) is 5.41 Å². The minimum Gasteiger partial charge on any atom is -0.396 e. The Bertz CT molecular complexity index is 292. The van der Waals surface area contributed by atoms with Crippen molar-refractivity contribution in [3.05, 3.63) is 18.0 Å². The molecule has 1 aliphatic carbocycles. The Morgan fingerprint density at radius 2 is 2.19 bits per heavy atom. The molecule has 1 saturated carbocycles. The third-order valence-corrected chi connectivity index (χ3v) is 3.55. The zero-order chi connectivity index (χ0) is 11.3. The molecule has 0 aromatic carbocycles. The number of aliphatic hydroxyl groups excluding tert-OH is 1. The Morgan fingerprint density at radius 1 is 1.38 bits per heavy atom. The summed E-state index contributed by atoms with van der Waals surface area (Å²) in [5, 5.41) is 16.7. The molecule has 0 radical (unpaired) electrons. The molecule has 0 bridgehead atoms. The first-order valence-electron chi connectivity index (χ1n) is 6.05. The lowest BCUT2D eigenvalue weighted by Crippen LogP contribution is -2.38. The zero-order valence-corrected chi connectivity index (χ0v) is 9.61. The first-order chi connectivity index (χ1) is 7.85. The number of hydrogen-bond donors (Lipinski definition) is 2. The van der Waals surface area contributed by atoms with Gasteiger partial charge < -0.3 is 14.9 Å². The summed E-state index contributed by atoms with van der Waals surface area (Å²) >= 11 is 0. The molecule has 90 valence electrons. The van der Waals surface area contributed by atoms with Crippen molar-refractivity contribution in [1.82, 2.24) is 10.5 Å². The molecule has 0 saturated heterocycles. The maximum atomic E-state index is 9.52. The lowest BCUT2D eigenvalue weighted by molar-refractivity contribution is 0.0809.